The molecule has 1 fully saturated rings. The van der Waals surface area contributed by atoms with E-state index in [1.165, 1.54) is 24.3 Å². The van der Waals surface area contributed by atoms with Crippen LogP contribution in [-0.4, -0.2) is 54.7 Å². The summed E-state index contributed by atoms with van der Waals surface area (Å²) in [6, 6.07) is 14.5. The van der Waals surface area contributed by atoms with Gasteiger partial charge in [-0.15, -0.1) is 0 Å². The van der Waals surface area contributed by atoms with E-state index in [4.69, 9.17) is 4.42 Å². The lowest BCUT2D eigenvalue weighted by Crippen LogP contribution is -2.40. The number of rotatable bonds is 6. The van der Waals surface area contributed by atoms with Crippen molar-refractivity contribution in [1.82, 2.24) is 14.8 Å². The van der Waals surface area contributed by atoms with Crippen molar-refractivity contribution in [2.24, 2.45) is 7.05 Å². The maximum atomic E-state index is 14.1. The number of carbonyl (C=O) groups excluding carboxylic acids is 2. The lowest BCUT2D eigenvalue weighted by Gasteiger charge is -2.35. The topological polar surface area (TPSA) is 70.7 Å². The first-order chi connectivity index (χ1) is 21.1. The van der Waals surface area contributed by atoms with Gasteiger partial charge in [0, 0.05) is 74.3 Å². The molecule has 0 aliphatic carbocycles. The summed E-state index contributed by atoms with van der Waals surface area (Å²) < 4.78 is 38.0. The zero-order chi connectivity index (χ0) is 31.3. The fourth-order valence-electron chi connectivity index (χ4n) is 6.47. The van der Waals surface area contributed by atoms with E-state index < -0.39 is 0 Å². The van der Waals surface area contributed by atoms with E-state index in [2.05, 4.69) is 9.62 Å². The van der Waals surface area contributed by atoms with Crippen LogP contribution in [0.2, 0.25) is 0 Å². The highest BCUT2D eigenvalue weighted by molar-refractivity contribution is 7.99. The number of nitrogens with one attached hydrogen (secondary N) is 1. The summed E-state index contributed by atoms with van der Waals surface area (Å²) in [5.74, 6) is -0.724. The SMILES string of the molecule is CNC(=O)c1c(-c2ccc(F)cc2)oc2cc(N(C)SC)c([C@H]3CCCN(C(=O)c4c(C)c5cc(F)ccc5n4C)C3)cc12. The molecule has 1 aliphatic rings. The molecule has 0 unspecified atom stereocenters. The third-order valence-electron chi connectivity index (χ3n) is 8.78. The number of amides is 2. The van der Waals surface area contributed by atoms with Gasteiger partial charge in [-0.2, -0.15) is 0 Å². The number of piperidine rings is 1. The molecule has 7 nitrogen and oxygen atoms in total. The van der Waals surface area contributed by atoms with Crippen LogP contribution >= 0.6 is 11.9 Å². The van der Waals surface area contributed by atoms with Gasteiger partial charge in [0.1, 0.15) is 28.7 Å². The first-order valence-corrected chi connectivity index (χ1v) is 15.7. The number of aryl methyl sites for hydroxylation is 2. The van der Waals surface area contributed by atoms with E-state index in [1.807, 2.05) is 48.9 Å². The molecule has 0 saturated carbocycles. The van der Waals surface area contributed by atoms with E-state index in [0.29, 0.717) is 46.6 Å². The maximum Gasteiger partial charge on any atom is 0.270 e. The molecular weight excluding hydrogens is 582 g/mol. The minimum Gasteiger partial charge on any atom is -0.455 e. The van der Waals surface area contributed by atoms with Crippen LogP contribution in [0, 0.1) is 18.6 Å². The Morgan fingerprint density at radius 3 is 2.48 bits per heavy atom. The molecule has 6 rings (SSSR count). The molecule has 228 valence electrons. The standard InChI is InChI=1S/C34H34F2N4O3S/c1-19-24-15-23(36)12-13-27(24)38(3)31(19)34(42)40-14-6-7-21(18-40)25-16-26-29(17-28(25)39(4)44-5)43-32(30(26)33(41)37-2)20-8-10-22(35)11-9-20/h8-13,15-17,21H,6-7,14,18H2,1-5H3,(H,37,41)/t21-/m0/s1. The van der Waals surface area contributed by atoms with E-state index in [9.17, 15) is 18.4 Å². The van der Waals surface area contributed by atoms with Gasteiger partial charge in [0.2, 0.25) is 0 Å². The average Bonchev–Trinajstić information content (AvgIpc) is 3.53. The summed E-state index contributed by atoms with van der Waals surface area (Å²) in [5.41, 5.74) is 5.61. The lowest BCUT2D eigenvalue weighted by molar-refractivity contribution is 0.0697. The molecule has 1 N–H and O–H groups in total. The van der Waals surface area contributed by atoms with Gasteiger partial charge >= 0.3 is 0 Å². The number of aromatic nitrogens is 1. The Hall–Kier alpha value is -4.31. The molecule has 0 bridgehead atoms. The van der Waals surface area contributed by atoms with Crippen LogP contribution < -0.4 is 9.62 Å². The number of carbonyl (C=O) groups is 2. The number of halogens is 2. The van der Waals surface area contributed by atoms with Crippen LogP contribution in [0.15, 0.2) is 59.0 Å². The molecule has 1 saturated heterocycles. The quantitative estimate of drug-likeness (QED) is 0.203. The normalized spacial score (nSPS) is 15.2. The first kappa shape index (κ1) is 29.7. The summed E-state index contributed by atoms with van der Waals surface area (Å²) in [6.45, 7) is 2.98. The fraction of sp³-hybridized carbons (Fsp3) is 0.294. The van der Waals surface area contributed by atoms with Gasteiger partial charge in [-0.05, 0) is 79.4 Å². The fourth-order valence-corrected chi connectivity index (χ4v) is 6.83. The van der Waals surface area contributed by atoms with Crippen molar-refractivity contribution in [2.75, 3.05) is 37.7 Å². The Morgan fingerprint density at radius 2 is 1.77 bits per heavy atom. The van der Waals surface area contributed by atoms with Crippen molar-refractivity contribution in [2.45, 2.75) is 25.7 Å². The molecule has 2 amide bonds. The van der Waals surface area contributed by atoms with Crippen LogP contribution in [0.3, 0.4) is 0 Å². The van der Waals surface area contributed by atoms with Crippen molar-refractivity contribution >= 4 is 51.3 Å². The van der Waals surface area contributed by atoms with E-state index in [-0.39, 0.29) is 29.4 Å². The Labute approximate surface area is 258 Å². The third-order valence-corrected chi connectivity index (χ3v) is 9.52. The molecule has 0 radical (unpaired) electrons. The minimum atomic E-state index is -0.375. The van der Waals surface area contributed by atoms with Gasteiger partial charge in [0.25, 0.3) is 11.8 Å². The largest absolute Gasteiger partial charge is 0.455 e. The average molecular weight is 617 g/mol. The number of fused-ring (bicyclic) bond motifs is 2. The van der Waals surface area contributed by atoms with Crippen LogP contribution in [0.25, 0.3) is 33.2 Å². The molecule has 3 aromatic carbocycles. The lowest BCUT2D eigenvalue weighted by atomic mass is 9.88. The number of benzene rings is 3. The summed E-state index contributed by atoms with van der Waals surface area (Å²) >= 11 is 1.55. The van der Waals surface area contributed by atoms with Crippen molar-refractivity contribution in [3.63, 3.8) is 0 Å². The number of anilines is 1. The number of hydrogen-bond donors (Lipinski definition) is 1. The van der Waals surface area contributed by atoms with Gasteiger partial charge in [-0.1, -0.05) is 11.9 Å². The Kier molecular flexibility index (Phi) is 7.88. The molecule has 2 aromatic heterocycles. The first-order valence-electron chi connectivity index (χ1n) is 14.5. The summed E-state index contributed by atoms with van der Waals surface area (Å²) in [5, 5.41) is 4.12. The van der Waals surface area contributed by atoms with Crippen LogP contribution in [0.4, 0.5) is 14.5 Å². The van der Waals surface area contributed by atoms with E-state index in [0.717, 1.165) is 40.6 Å². The predicted molar refractivity (Wildman–Crippen MR) is 172 cm³/mol. The highest BCUT2D eigenvalue weighted by atomic mass is 32.2. The van der Waals surface area contributed by atoms with Gasteiger partial charge in [-0.25, -0.2) is 8.78 Å². The monoisotopic (exact) mass is 616 g/mol. The highest BCUT2D eigenvalue weighted by Gasteiger charge is 2.32. The summed E-state index contributed by atoms with van der Waals surface area (Å²) in [6.07, 6.45) is 3.66. The Bertz CT molecular complexity index is 1910. The highest BCUT2D eigenvalue weighted by Crippen LogP contribution is 2.42. The number of nitrogens with zero attached hydrogens (tertiary/aromatic N) is 3. The van der Waals surface area contributed by atoms with Crippen molar-refractivity contribution in [3.05, 3.63) is 88.6 Å². The van der Waals surface area contributed by atoms with Gasteiger partial charge < -0.3 is 23.5 Å². The molecule has 5 aromatic rings. The minimum absolute atomic E-state index is 0.00385. The molecule has 1 aliphatic heterocycles. The third kappa shape index (κ3) is 5.00. The zero-order valence-electron chi connectivity index (χ0n) is 25.3. The predicted octanol–water partition coefficient (Wildman–Crippen LogP) is 7.27. The van der Waals surface area contributed by atoms with E-state index in [1.54, 1.807) is 37.2 Å². The van der Waals surface area contributed by atoms with Gasteiger partial charge in [0.15, 0.2) is 0 Å². The smallest absolute Gasteiger partial charge is 0.270 e. The Balaban J connectivity index is 1.44. The van der Waals surface area contributed by atoms with Gasteiger partial charge in [0.05, 0.1) is 11.3 Å². The van der Waals surface area contributed by atoms with Crippen molar-refractivity contribution in [3.8, 4) is 11.3 Å². The Morgan fingerprint density at radius 1 is 1.05 bits per heavy atom. The van der Waals surface area contributed by atoms with Crippen LogP contribution in [0.5, 0.6) is 0 Å². The molecular formula is C34H34F2N4O3S. The molecule has 44 heavy (non-hydrogen) atoms. The number of hydrogen-bond acceptors (Lipinski definition) is 5. The van der Waals surface area contributed by atoms with Crippen LogP contribution in [-0.2, 0) is 7.05 Å². The second-order valence-electron chi connectivity index (χ2n) is 11.3. The zero-order valence-corrected chi connectivity index (χ0v) is 26.1. The molecule has 1 atom stereocenters. The second kappa shape index (κ2) is 11.6. The van der Waals surface area contributed by atoms with Crippen molar-refractivity contribution < 1.29 is 22.8 Å². The molecule has 0 spiro atoms. The van der Waals surface area contributed by atoms with E-state index >= 15 is 0 Å². The molecule has 10 heteroatoms. The maximum absolute atomic E-state index is 14.1. The number of furan rings is 1. The summed E-state index contributed by atoms with van der Waals surface area (Å²) in [7, 11) is 5.39. The number of likely N-dealkylation sites (tertiary alicyclic amines) is 1. The van der Waals surface area contributed by atoms with Crippen molar-refractivity contribution in [1.29, 1.82) is 0 Å². The molecule has 3 heterocycles. The second-order valence-corrected chi connectivity index (χ2v) is 12.2. The van der Waals surface area contributed by atoms with Crippen LogP contribution in [0.1, 0.15) is 50.7 Å². The van der Waals surface area contributed by atoms with Gasteiger partial charge in [-0.3, -0.25) is 9.59 Å². The summed E-state index contributed by atoms with van der Waals surface area (Å²) in [4.78, 5) is 29.1.